The number of unbranched alkanes of at least 4 members (excludes halogenated alkanes) is 1. The van der Waals surface area contributed by atoms with Crippen LogP contribution in [0, 0.1) is 0 Å². The molecule has 8 nitrogen and oxygen atoms in total. The minimum absolute atomic E-state index is 0.270. The van der Waals surface area contributed by atoms with Gasteiger partial charge in [-0.05, 0) is 76.6 Å². The Kier molecular flexibility index (Phi) is 8.85. The van der Waals surface area contributed by atoms with Gasteiger partial charge in [0.05, 0.1) is 41.0 Å². The van der Waals surface area contributed by atoms with E-state index >= 15 is 0 Å². The van der Waals surface area contributed by atoms with Crippen molar-refractivity contribution in [2.24, 2.45) is 4.99 Å². The molecule has 0 unspecified atom stereocenters. The van der Waals surface area contributed by atoms with Crippen molar-refractivity contribution in [3.63, 3.8) is 0 Å². The van der Waals surface area contributed by atoms with E-state index in [-0.39, 0.29) is 6.04 Å². The molecule has 0 amide bonds. The van der Waals surface area contributed by atoms with Crippen LogP contribution in [0.25, 0.3) is 11.0 Å². The molecule has 1 aromatic carbocycles. The number of aliphatic hydroxyl groups is 2. The minimum Gasteiger partial charge on any atom is -0.390 e. The van der Waals surface area contributed by atoms with Crippen LogP contribution in [0.15, 0.2) is 35.5 Å². The molecule has 1 aliphatic heterocycles. The van der Waals surface area contributed by atoms with E-state index in [2.05, 4.69) is 27.2 Å². The monoisotopic (exact) mass is 712 g/mol. The van der Waals surface area contributed by atoms with E-state index in [1.54, 1.807) is 67.8 Å². The summed E-state index contributed by atoms with van der Waals surface area (Å²) in [7, 11) is 0. The number of rotatable bonds is 11. The van der Waals surface area contributed by atoms with E-state index < -0.39 is 13.9 Å². The lowest BCUT2D eigenvalue weighted by atomic mass is 10.0. The normalized spacial score (nSPS) is 18.4. The van der Waals surface area contributed by atoms with Gasteiger partial charge in [0, 0.05) is 12.3 Å². The van der Waals surface area contributed by atoms with Gasteiger partial charge in [-0.25, -0.2) is 9.37 Å². The molecule has 4 rings (SSSR count). The number of aryl methyl sites for hydroxylation is 1. The molecule has 3 aromatic rings. The van der Waals surface area contributed by atoms with Gasteiger partial charge in [0.25, 0.3) is 1.68 Å². The van der Waals surface area contributed by atoms with E-state index in [1.807, 2.05) is 28.8 Å². The van der Waals surface area contributed by atoms with Crippen molar-refractivity contribution in [2.75, 3.05) is 5.75 Å². The van der Waals surface area contributed by atoms with Crippen LogP contribution in [0.5, 0.6) is 0 Å². The van der Waals surface area contributed by atoms with Gasteiger partial charge < -0.3 is 14.8 Å². The topological polar surface area (TPSA) is 101 Å². The molecule has 0 aliphatic carbocycles. The number of aliphatic hydroxyl groups excluding tert-OH is 2. The number of para-hydroxylation sites is 2. The Morgan fingerprint density at radius 3 is 2.85 bits per heavy atom. The number of imidazole rings is 1. The predicted molar refractivity (Wildman–Crippen MR) is 150 cm³/mol. The van der Waals surface area contributed by atoms with Gasteiger partial charge in [-0.3, -0.25) is 9.67 Å². The maximum absolute atomic E-state index is 14.8. The van der Waals surface area contributed by atoms with Crippen molar-refractivity contribution in [3.05, 3.63) is 42.0 Å². The average molecular weight is 712 g/mol. The number of aliphatic imine (C=N–C) groups is 1. The Morgan fingerprint density at radius 1 is 1.29 bits per heavy atom. The molecule has 3 heterocycles. The van der Waals surface area contributed by atoms with Crippen molar-refractivity contribution in [2.45, 2.75) is 65.6 Å². The second-order valence-electron chi connectivity index (χ2n) is 8.33. The second-order valence-corrected chi connectivity index (χ2v) is 14.5. The number of thioether (sulfide) groups is 1. The predicted octanol–water partition coefficient (Wildman–Crippen LogP) is 4.44. The summed E-state index contributed by atoms with van der Waals surface area (Å²) in [5, 5.41) is 30.5. The fourth-order valence-corrected chi connectivity index (χ4v) is 5.86. The zero-order valence-corrected chi connectivity index (χ0v) is 23.8. The number of aromatic nitrogens is 5. The number of hydrogen-bond donors (Lipinski definition) is 2. The summed E-state index contributed by atoms with van der Waals surface area (Å²) < 4.78 is 16.6. The molecular weight excluding hydrogens is 685 g/mol. The minimum atomic E-state index is -1.66. The molecule has 2 N–H and O–H groups in total. The van der Waals surface area contributed by atoms with Crippen molar-refractivity contribution in [3.8, 4) is 0 Å². The molecule has 3 atom stereocenters. The van der Waals surface area contributed by atoms with Crippen LogP contribution in [0.4, 0.5) is 4.39 Å². The Morgan fingerprint density at radius 2 is 2.09 bits per heavy atom. The number of fused-ring (bicyclic) bond motifs is 1. The van der Waals surface area contributed by atoms with Gasteiger partial charge in [0.15, 0.2) is 5.82 Å². The molecule has 34 heavy (non-hydrogen) atoms. The van der Waals surface area contributed by atoms with E-state index in [4.69, 9.17) is 0 Å². The van der Waals surface area contributed by atoms with Gasteiger partial charge in [-0.15, -0.1) is 16.9 Å². The first kappa shape index (κ1) is 26.2. The van der Waals surface area contributed by atoms with Gasteiger partial charge in [-0.1, -0.05) is 30.7 Å². The van der Waals surface area contributed by atoms with Gasteiger partial charge in [0.1, 0.15) is 11.8 Å². The molecule has 2 aromatic heterocycles. The molecule has 184 valence electrons. The number of nitrogens with zero attached hydrogens (tertiary/aromatic N) is 6. The first-order valence-corrected chi connectivity index (χ1v) is 14.4. The van der Waals surface area contributed by atoms with Crippen LogP contribution in [0.1, 0.15) is 44.1 Å². The Labute approximate surface area is 229 Å². The van der Waals surface area contributed by atoms with Gasteiger partial charge >= 0.3 is 0 Å². The van der Waals surface area contributed by atoms with Crippen LogP contribution < -0.4 is 0 Å². The summed E-state index contributed by atoms with van der Waals surface area (Å²) in [6.45, 7) is 2.87. The van der Waals surface area contributed by atoms with Crippen LogP contribution in [-0.2, 0) is 14.8 Å². The van der Waals surface area contributed by atoms with Crippen LogP contribution >= 0.6 is 56.9 Å². The van der Waals surface area contributed by atoms with Gasteiger partial charge in [-0.2, -0.15) is 0 Å². The summed E-state index contributed by atoms with van der Waals surface area (Å²) in [5.41, 5.74) is 2.21. The number of halogens is 3. The summed E-state index contributed by atoms with van der Waals surface area (Å²) in [6, 6.07) is 7.27. The van der Waals surface area contributed by atoms with Crippen molar-refractivity contribution >= 4 is 73.0 Å². The highest BCUT2D eigenvalue weighted by molar-refractivity contribution is 14.2. The second kappa shape index (κ2) is 11.5. The number of benzene rings is 1. The highest BCUT2D eigenvalue weighted by atomic mass is 127. The van der Waals surface area contributed by atoms with E-state index in [1.165, 1.54) is 0 Å². The van der Waals surface area contributed by atoms with Crippen LogP contribution in [-0.4, -0.2) is 63.8 Å². The molecular formula is C22H27FI2N6O2S. The molecule has 0 bridgehead atoms. The lowest BCUT2D eigenvalue weighted by molar-refractivity contribution is 0.00199. The third kappa shape index (κ3) is 6.28. The quantitative estimate of drug-likeness (QED) is 0.226. The first-order chi connectivity index (χ1) is 16.3. The summed E-state index contributed by atoms with van der Waals surface area (Å²) in [4.78, 5) is 9.06. The van der Waals surface area contributed by atoms with Crippen LogP contribution in [0.2, 0.25) is 0 Å². The summed E-state index contributed by atoms with van der Waals surface area (Å²) in [6.07, 6.45) is 3.45. The standard InChI is InChI=1S/C22H27FI2N6O2S/c1-2-3-8-19-26-16(13-34-19)20(33)18(32)9-10-30-11-14(28-29-30)12-31-17-7-5-4-6-15(17)27-21(31)22(23,24)25/h4-7,11,16,18,20,32-33H,2-3,8-10,12-13H2,1H3/t16-,18+,20+/m0/s1. The molecule has 0 fully saturated rings. The maximum Gasteiger partial charge on any atom is 0.267 e. The first-order valence-electron chi connectivity index (χ1n) is 11.2. The molecule has 12 heteroatoms. The zero-order valence-electron chi connectivity index (χ0n) is 18.7. The molecule has 0 spiro atoms. The average Bonchev–Trinajstić information content (AvgIpc) is 3.54. The fraction of sp³-hybridized carbons (Fsp3) is 0.545. The van der Waals surface area contributed by atoms with Crippen molar-refractivity contribution < 1.29 is 14.6 Å². The lowest BCUT2D eigenvalue weighted by Crippen LogP contribution is -2.37. The maximum atomic E-state index is 14.8. The van der Waals surface area contributed by atoms with E-state index in [0.29, 0.717) is 36.8 Å². The molecule has 0 radical (unpaired) electrons. The van der Waals surface area contributed by atoms with Gasteiger partial charge in [0.2, 0.25) is 0 Å². The largest absolute Gasteiger partial charge is 0.390 e. The summed E-state index contributed by atoms with van der Waals surface area (Å²) in [5.74, 6) is 1.02. The molecule has 1 aliphatic rings. The third-order valence-electron chi connectivity index (χ3n) is 5.73. The molecule has 0 saturated carbocycles. The molecule has 0 saturated heterocycles. The fourth-order valence-electron chi connectivity index (χ4n) is 3.91. The van der Waals surface area contributed by atoms with E-state index in [9.17, 15) is 14.6 Å². The van der Waals surface area contributed by atoms with Crippen molar-refractivity contribution in [1.82, 2.24) is 24.5 Å². The third-order valence-corrected chi connectivity index (χ3v) is 7.85. The number of alkyl halides is 3. The number of hydrogen-bond acceptors (Lipinski definition) is 7. The summed E-state index contributed by atoms with van der Waals surface area (Å²) >= 11 is 5.14. The Bertz CT molecular complexity index is 1150. The smallest absolute Gasteiger partial charge is 0.267 e. The highest BCUT2D eigenvalue weighted by Crippen LogP contribution is 2.41. The van der Waals surface area contributed by atoms with Crippen molar-refractivity contribution in [1.29, 1.82) is 0 Å². The Balaban J connectivity index is 1.38. The Hall–Kier alpha value is -0.840. The SMILES string of the molecule is CCCCC1=N[C@H]([C@@H](O)[C@H](O)CCn2cc(Cn3c(C(F)(I)I)nc4ccccc43)nn2)CS1. The highest BCUT2D eigenvalue weighted by Gasteiger charge is 2.32. The zero-order chi connectivity index (χ0) is 24.3. The van der Waals surface area contributed by atoms with E-state index in [0.717, 1.165) is 35.3 Å². The lowest BCUT2D eigenvalue weighted by Gasteiger charge is -2.21. The van der Waals surface area contributed by atoms with Crippen LogP contribution in [0.3, 0.4) is 0 Å².